The molecular weight excluding hydrogens is 491 g/mol. The number of ether oxygens (including phenoxy) is 1. The number of alkyl halides is 3. The van der Waals surface area contributed by atoms with Crippen LogP contribution in [0.1, 0.15) is 49.8 Å². The molecule has 0 bridgehead atoms. The van der Waals surface area contributed by atoms with Gasteiger partial charge in [-0.05, 0) is 66.8 Å². The van der Waals surface area contributed by atoms with Gasteiger partial charge >= 0.3 is 6.18 Å². The third-order valence-corrected chi connectivity index (χ3v) is 7.14. The molecule has 1 aliphatic carbocycles. The van der Waals surface area contributed by atoms with Crippen LogP contribution in [-0.2, 0) is 17.4 Å². The van der Waals surface area contributed by atoms with Gasteiger partial charge in [-0.1, -0.05) is 43.5 Å². The van der Waals surface area contributed by atoms with Crippen molar-refractivity contribution in [2.45, 2.75) is 57.2 Å². The van der Waals surface area contributed by atoms with Crippen LogP contribution in [-0.4, -0.2) is 28.4 Å². The van der Waals surface area contributed by atoms with E-state index >= 15 is 0 Å². The molecule has 198 valence electrons. The van der Waals surface area contributed by atoms with E-state index in [1.54, 1.807) is 31.5 Å². The molecule has 1 aliphatic rings. The Labute approximate surface area is 219 Å². The number of aryl methyl sites for hydroxylation is 1. The lowest BCUT2D eigenvalue weighted by Crippen LogP contribution is -2.36. The molecule has 1 saturated carbocycles. The largest absolute Gasteiger partial charge is 0.497 e. The summed E-state index contributed by atoms with van der Waals surface area (Å²) in [5.41, 5.74) is 3.43. The second-order valence-corrected chi connectivity index (χ2v) is 9.77. The topological polar surface area (TPSA) is 55.6 Å². The Hall–Kier alpha value is -3.81. The van der Waals surface area contributed by atoms with E-state index in [2.05, 4.69) is 5.32 Å². The van der Waals surface area contributed by atoms with Crippen LogP contribution in [0.15, 0.2) is 66.9 Å². The van der Waals surface area contributed by atoms with Gasteiger partial charge in [0, 0.05) is 24.2 Å². The van der Waals surface area contributed by atoms with Crippen LogP contribution in [0.25, 0.3) is 28.0 Å². The number of halogens is 3. The predicted molar refractivity (Wildman–Crippen MR) is 141 cm³/mol. The molecule has 0 aliphatic heterocycles. The third-order valence-electron chi connectivity index (χ3n) is 7.14. The molecule has 2 heterocycles. The van der Waals surface area contributed by atoms with Crippen LogP contribution in [0.4, 0.5) is 13.2 Å². The molecule has 0 atom stereocenters. The molecule has 0 unspecified atom stereocenters. The second kappa shape index (κ2) is 10.9. The maximum atomic E-state index is 13.3. The standard InChI is InChI=1S/C30H30F3N3O2/c1-38-25-12-6-8-21(18-25)29-26(14-16-28(37)34-24-10-3-2-4-11-24)36-19-22(13-15-27(36)35-29)20-7-5-9-23(17-20)30(31,32)33/h5-9,12-13,15,17-19,24H,2-4,10-11,14,16H2,1H3,(H,34,37). The summed E-state index contributed by atoms with van der Waals surface area (Å²) in [6.07, 6.45) is 3.60. The smallest absolute Gasteiger partial charge is 0.416 e. The lowest BCUT2D eigenvalue weighted by Gasteiger charge is -2.22. The summed E-state index contributed by atoms with van der Waals surface area (Å²) in [6, 6.07) is 16.6. The quantitative estimate of drug-likeness (QED) is 0.283. The first kappa shape index (κ1) is 25.8. The van der Waals surface area contributed by atoms with Crippen LogP contribution in [0.2, 0.25) is 0 Å². The highest BCUT2D eigenvalue weighted by molar-refractivity contribution is 5.77. The minimum atomic E-state index is -4.43. The third kappa shape index (κ3) is 5.69. The lowest BCUT2D eigenvalue weighted by molar-refractivity contribution is -0.137. The molecule has 2 aromatic carbocycles. The summed E-state index contributed by atoms with van der Waals surface area (Å²) < 4.78 is 47.3. The number of methoxy groups -OCH3 is 1. The highest BCUT2D eigenvalue weighted by atomic mass is 19.4. The first-order chi connectivity index (χ1) is 18.3. The average molecular weight is 522 g/mol. The summed E-state index contributed by atoms with van der Waals surface area (Å²) >= 11 is 0. The van der Waals surface area contributed by atoms with Crippen molar-refractivity contribution in [1.29, 1.82) is 0 Å². The monoisotopic (exact) mass is 521 g/mol. The number of nitrogens with zero attached hydrogens (tertiary/aromatic N) is 2. The van der Waals surface area contributed by atoms with Crippen LogP contribution < -0.4 is 10.1 Å². The van der Waals surface area contributed by atoms with Crippen molar-refractivity contribution in [2.24, 2.45) is 0 Å². The van der Waals surface area contributed by atoms with Crippen molar-refractivity contribution in [1.82, 2.24) is 14.7 Å². The molecule has 2 aromatic heterocycles. The van der Waals surface area contributed by atoms with E-state index in [9.17, 15) is 18.0 Å². The molecule has 8 heteroatoms. The Morgan fingerprint density at radius 2 is 1.76 bits per heavy atom. The maximum Gasteiger partial charge on any atom is 0.416 e. The predicted octanol–water partition coefficient (Wildman–Crippen LogP) is 7.08. The number of pyridine rings is 1. The Kier molecular flexibility index (Phi) is 7.40. The van der Waals surface area contributed by atoms with Crippen molar-refractivity contribution in [3.63, 3.8) is 0 Å². The van der Waals surface area contributed by atoms with Gasteiger partial charge in [0.15, 0.2) is 0 Å². The Bertz CT molecular complexity index is 1440. The number of carbonyl (C=O) groups is 1. The lowest BCUT2D eigenvalue weighted by atomic mass is 9.95. The normalized spacial score (nSPS) is 14.5. The Balaban J connectivity index is 1.52. The van der Waals surface area contributed by atoms with Crippen molar-refractivity contribution in [3.8, 4) is 28.1 Å². The van der Waals surface area contributed by atoms with Crippen molar-refractivity contribution >= 4 is 11.6 Å². The van der Waals surface area contributed by atoms with E-state index in [0.717, 1.165) is 54.8 Å². The van der Waals surface area contributed by atoms with E-state index in [4.69, 9.17) is 9.72 Å². The van der Waals surface area contributed by atoms with Gasteiger partial charge in [-0.15, -0.1) is 0 Å². The summed E-state index contributed by atoms with van der Waals surface area (Å²) in [5.74, 6) is 0.683. The van der Waals surface area contributed by atoms with Crippen LogP contribution in [0.5, 0.6) is 5.75 Å². The number of amides is 1. The molecule has 0 saturated heterocycles. The summed E-state index contributed by atoms with van der Waals surface area (Å²) in [6.45, 7) is 0. The zero-order chi connectivity index (χ0) is 26.7. The van der Waals surface area contributed by atoms with Crippen molar-refractivity contribution < 1.29 is 22.7 Å². The number of imidazole rings is 1. The number of fused-ring (bicyclic) bond motifs is 1. The Morgan fingerprint density at radius 3 is 2.53 bits per heavy atom. The summed E-state index contributed by atoms with van der Waals surface area (Å²) in [7, 11) is 1.60. The molecule has 1 fully saturated rings. The van der Waals surface area contributed by atoms with Crippen LogP contribution >= 0.6 is 0 Å². The fourth-order valence-electron chi connectivity index (χ4n) is 5.16. The first-order valence-corrected chi connectivity index (χ1v) is 12.9. The van der Waals surface area contributed by atoms with Gasteiger partial charge in [-0.2, -0.15) is 13.2 Å². The highest BCUT2D eigenvalue weighted by Crippen LogP contribution is 2.34. The van der Waals surface area contributed by atoms with E-state index in [-0.39, 0.29) is 18.4 Å². The number of hydrogen-bond donors (Lipinski definition) is 1. The fourth-order valence-corrected chi connectivity index (χ4v) is 5.16. The number of rotatable bonds is 7. The van der Waals surface area contributed by atoms with Gasteiger partial charge in [-0.3, -0.25) is 4.79 Å². The van der Waals surface area contributed by atoms with E-state index in [1.165, 1.54) is 12.5 Å². The Morgan fingerprint density at radius 1 is 1.00 bits per heavy atom. The molecular formula is C30H30F3N3O2. The zero-order valence-electron chi connectivity index (χ0n) is 21.2. The maximum absolute atomic E-state index is 13.3. The molecule has 1 N–H and O–H groups in total. The van der Waals surface area contributed by atoms with Crippen LogP contribution in [0, 0.1) is 0 Å². The van der Waals surface area contributed by atoms with Gasteiger partial charge in [-0.25, -0.2) is 4.98 Å². The number of nitrogens with one attached hydrogen (secondary N) is 1. The van der Waals surface area contributed by atoms with E-state index in [0.29, 0.717) is 28.9 Å². The molecule has 0 spiro atoms. The molecule has 5 nitrogen and oxygen atoms in total. The molecule has 38 heavy (non-hydrogen) atoms. The molecule has 0 radical (unpaired) electrons. The van der Waals surface area contributed by atoms with Gasteiger partial charge in [0.2, 0.25) is 5.91 Å². The average Bonchev–Trinajstić information content (AvgIpc) is 3.30. The number of carbonyl (C=O) groups excluding carboxylic acids is 1. The number of aromatic nitrogens is 2. The molecule has 5 rings (SSSR count). The van der Waals surface area contributed by atoms with E-state index < -0.39 is 11.7 Å². The summed E-state index contributed by atoms with van der Waals surface area (Å²) in [5, 5.41) is 3.17. The van der Waals surface area contributed by atoms with Crippen molar-refractivity contribution in [2.75, 3.05) is 7.11 Å². The van der Waals surface area contributed by atoms with Crippen LogP contribution in [0.3, 0.4) is 0 Å². The minimum Gasteiger partial charge on any atom is -0.497 e. The highest BCUT2D eigenvalue weighted by Gasteiger charge is 2.30. The van der Waals surface area contributed by atoms with Crippen molar-refractivity contribution in [3.05, 3.63) is 78.1 Å². The first-order valence-electron chi connectivity index (χ1n) is 12.9. The number of hydrogen-bond acceptors (Lipinski definition) is 3. The SMILES string of the molecule is COc1cccc(-c2nc3ccc(-c4cccc(C(F)(F)F)c4)cn3c2CCC(=O)NC2CCCCC2)c1. The van der Waals surface area contributed by atoms with E-state index in [1.807, 2.05) is 28.7 Å². The minimum absolute atomic E-state index is 0.00234. The van der Waals surface area contributed by atoms with Gasteiger partial charge in [0.1, 0.15) is 11.4 Å². The number of benzene rings is 2. The fraction of sp³-hybridized carbons (Fsp3) is 0.333. The molecule has 4 aromatic rings. The second-order valence-electron chi connectivity index (χ2n) is 9.77. The molecule has 1 amide bonds. The van der Waals surface area contributed by atoms with Gasteiger partial charge < -0.3 is 14.5 Å². The van der Waals surface area contributed by atoms with Gasteiger partial charge in [0.25, 0.3) is 0 Å². The van der Waals surface area contributed by atoms with Gasteiger partial charge in [0.05, 0.1) is 24.1 Å². The zero-order valence-corrected chi connectivity index (χ0v) is 21.2. The summed E-state index contributed by atoms with van der Waals surface area (Å²) in [4.78, 5) is 17.7.